The molecule has 1 heterocycles. The molecule has 4 heteroatoms. The van der Waals surface area contributed by atoms with Crippen molar-refractivity contribution in [2.45, 2.75) is 11.5 Å². The smallest absolute Gasteiger partial charge is 0.0786 e. The van der Waals surface area contributed by atoms with E-state index in [2.05, 4.69) is 28.0 Å². The predicted octanol–water partition coefficient (Wildman–Crippen LogP) is 2.57. The van der Waals surface area contributed by atoms with E-state index in [9.17, 15) is 0 Å². The summed E-state index contributed by atoms with van der Waals surface area (Å²) in [5.41, 5.74) is 0. The number of aliphatic hydroxyl groups is 1. The second kappa shape index (κ2) is 3.94. The number of hydrogen-bond acceptors (Lipinski definition) is 3. The van der Waals surface area contributed by atoms with E-state index in [1.165, 1.54) is 8.47 Å². The van der Waals surface area contributed by atoms with Gasteiger partial charge in [-0.15, -0.1) is 23.1 Å². The Bertz CT molecular complexity index is 222. The molecule has 0 fully saturated rings. The molecule has 0 saturated heterocycles. The van der Waals surface area contributed by atoms with Gasteiger partial charge in [0.15, 0.2) is 0 Å². The lowest BCUT2D eigenvalue weighted by Crippen LogP contribution is -1.79. The summed E-state index contributed by atoms with van der Waals surface area (Å²) in [6, 6.07) is 0. The first-order valence-electron chi connectivity index (χ1n) is 2.70. The van der Waals surface area contributed by atoms with Gasteiger partial charge in [-0.1, -0.05) is 0 Å². The van der Waals surface area contributed by atoms with Gasteiger partial charge < -0.3 is 5.11 Å². The van der Waals surface area contributed by atoms with Gasteiger partial charge in [0, 0.05) is 18.7 Å². The van der Waals surface area contributed by atoms with Crippen molar-refractivity contribution < 1.29 is 5.11 Å². The highest BCUT2D eigenvalue weighted by molar-refractivity contribution is 14.1. The molecule has 10 heavy (non-hydrogen) atoms. The highest BCUT2D eigenvalue weighted by Crippen LogP contribution is 2.31. The van der Waals surface area contributed by atoms with Crippen LogP contribution in [0.5, 0.6) is 0 Å². The Balaban J connectivity index is 3.01. The Labute approximate surface area is 82.0 Å². The van der Waals surface area contributed by atoms with E-state index in [-0.39, 0.29) is 6.61 Å². The van der Waals surface area contributed by atoms with Crippen molar-refractivity contribution in [2.24, 2.45) is 0 Å². The quantitative estimate of drug-likeness (QED) is 0.666. The van der Waals surface area contributed by atoms with E-state index in [1.807, 2.05) is 6.26 Å². The zero-order valence-electron chi connectivity index (χ0n) is 5.43. The molecule has 1 nitrogen and oxygen atoms in total. The van der Waals surface area contributed by atoms with Crippen molar-refractivity contribution in [2.75, 3.05) is 6.26 Å². The maximum absolute atomic E-state index is 8.86. The first-order valence-corrected chi connectivity index (χ1v) is 5.88. The maximum atomic E-state index is 8.86. The van der Waals surface area contributed by atoms with E-state index in [0.29, 0.717) is 0 Å². The standard InChI is InChI=1S/C6H7IOS2/c1-9-6-4(7)3-10-5(6)2-8/h3,8H,2H2,1H3. The Morgan fingerprint density at radius 3 is 2.90 bits per heavy atom. The van der Waals surface area contributed by atoms with Gasteiger partial charge >= 0.3 is 0 Å². The monoisotopic (exact) mass is 286 g/mol. The number of thioether (sulfide) groups is 1. The summed E-state index contributed by atoms with van der Waals surface area (Å²) in [7, 11) is 0. The molecule has 0 aliphatic rings. The van der Waals surface area contributed by atoms with E-state index in [4.69, 9.17) is 5.11 Å². The molecular weight excluding hydrogens is 279 g/mol. The summed E-state index contributed by atoms with van der Waals surface area (Å²) in [6.07, 6.45) is 2.03. The Hall–Kier alpha value is 0.740. The number of rotatable bonds is 2. The second-order valence-electron chi connectivity index (χ2n) is 1.70. The van der Waals surface area contributed by atoms with Crippen molar-refractivity contribution in [1.29, 1.82) is 0 Å². The summed E-state index contributed by atoms with van der Waals surface area (Å²) in [4.78, 5) is 2.31. The Morgan fingerprint density at radius 1 is 1.80 bits per heavy atom. The van der Waals surface area contributed by atoms with Crippen LogP contribution < -0.4 is 0 Å². The van der Waals surface area contributed by atoms with Gasteiger partial charge in [0.2, 0.25) is 0 Å². The molecule has 0 saturated carbocycles. The lowest BCUT2D eigenvalue weighted by atomic mass is 10.5. The number of aliphatic hydroxyl groups excluding tert-OH is 1. The molecule has 0 atom stereocenters. The molecule has 0 radical (unpaired) electrons. The third-order valence-corrected chi connectivity index (χ3v) is 4.74. The molecule has 0 aromatic carbocycles. The van der Waals surface area contributed by atoms with Crippen LogP contribution in [0.3, 0.4) is 0 Å². The van der Waals surface area contributed by atoms with E-state index in [1.54, 1.807) is 23.1 Å². The first-order chi connectivity index (χ1) is 4.79. The van der Waals surface area contributed by atoms with Gasteiger partial charge in [0.25, 0.3) is 0 Å². The molecule has 0 bridgehead atoms. The average Bonchev–Trinajstić information content (AvgIpc) is 2.30. The lowest BCUT2D eigenvalue weighted by Gasteiger charge is -1.95. The summed E-state index contributed by atoms with van der Waals surface area (Å²) in [5.74, 6) is 0. The molecule has 56 valence electrons. The van der Waals surface area contributed by atoms with Crippen LogP contribution in [0.1, 0.15) is 4.88 Å². The van der Waals surface area contributed by atoms with Crippen LogP contribution in [0.4, 0.5) is 0 Å². The van der Waals surface area contributed by atoms with E-state index < -0.39 is 0 Å². The van der Waals surface area contributed by atoms with Crippen molar-refractivity contribution in [3.8, 4) is 0 Å². The first kappa shape index (κ1) is 8.83. The molecule has 1 rings (SSSR count). The molecular formula is C6H7IOS2. The van der Waals surface area contributed by atoms with Crippen molar-refractivity contribution in [3.05, 3.63) is 13.8 Å². The van der Waals surface area contributed by atoms with E-state index >= 15 is 0 Å². The zero-order valence-corrected chi connectivity index (χ0v) is 9.22. The topological polar surface area (TPSA) is 20.2 Å². The van der Waals surface area contributed by atoms with Gasteiger partial charge in [-0.05, 0) is 28.8 Å². The largest absolute Gasteiger partial charge is 0.391 e. The van der Waals surface area contributed by atoms with Crippen molar-refractivity contribution in [3.63, 3.8) is 0 Å². The fourth-order valence-electron chi connectivity index (χ4n) is 0.683. The minimum atomic E-state index is 0.170. The van der Waals surface area contributed by atoms with Crippen LogP contribution in [0.2, 0.25) is 0 Å². The van der Waals surface area contributed by atoms with Gasteiger partial charge in [-0.2, -0.15) is 0 Å². The second-order valence-corrected chi connectivity index (χ2v) is 4.64. The minimum Gasteiger partial charge on any atom is -0.391 e. The molecule has 0 aliphatic carbocycles. The van der Waals surface area contributed by atoms with Crippen LogP contribution in [-0.4, -0.2) is 11.4 Å². The molecule has 1 aromatic heterocycles. The average molecular weight is 286 g/mol. The zero-order chi connectivity index (χ0) is 7.56. The Kier molecular flexibility index (Phi) is 3.48. The Morgan fingerprint density at radius 2 is 2.50 bits per heavy atom. The summed E-state index contributed by atoms with van der Waals surface area (Å²) in [6.45, 7) is 0.170. The van der Waals surface area contributed by atoms with Gasteiger partial charge in [-0.3, -0.25) is 0 Å². The summed E-state index contributed by atoms with van der Waals surface area (Å²) in [5, 5.41) is 10.9. The molecule has 0 amide bonds. The third-order valence-electron chi connectivity index (χ3n) is 1.12. The highest BCUT2D eigenvalue weighted by Gasteiger charge is 2.06. The SMILES string of the molecule is CSc1c(I)csc1CO. The molecule has 0 spiro atoms. The number of hydrogen-bond donors (Lipinski definition) is 1. The molecule has 0 unspecified atom stereocenters. The van der Waals surface area contributed by atoms with Crippen LogP contribution in [0, 0.1) is 3.57 Å². The fourth-order valence-corrected chi connectivity index (χ4v) is 3.90. The van der Waals surface area contributed by atoms with Crippen LogP contribution in [0.25, 0.3) is 0 Å². The number of halogens is 1. The normalized spacial score (nSPS) is 10.3. The predicted molar refractivity (Wildman–Crippen MR) is 54.7 cm³/mol. The summed E-state index contributed by atoms with van der Waals surface area (Å²) >= 11 is 5.60. The van der Waals surface area contributed by atoms with Crippen molar-refractivity contribution in [1.82, 2.24) is 0 Å². The molecule has 1 aromatic rings. The van der Waals surface area contributed by atoms with Crippen molar-refractivity contribution >= 4 is 45.7 Å². The van der Waals surface area contributed by atoms with E-state index in [0.717, 1.165) is 4.88 Å². The van der Waals surface area contributed by atoms with Crippen LogP contribution in [-0.2, 0) is 6.61 Å². The van der Waals surface area contributed by atoms with Crippen LogP contribution in [0.15, 0.2) is 10.3 Å². The summed E-state index contributed by atoms with van der Waals surface area (Å²) < 4.78 is 1.25. The number of thiophene rings is 1. The molecule has 1 N–H and O–H groups in total. The van der Waals surface area contributed by atoms with Gasteiger partial charge in [-0.25, -0.2) is 0 Å². The molecule has 0 aliphatic heterocycles. The minimum absolute atomic E-state index is 0.170. The third kappa shape index (κ3) is 1.66. The van der Waals surface area contributed by atoms with Crippen LogP contribution >= 0.6 is 45.7 Å². The van der Waals surface area contributed by atoms with Gasteiger partial charge in [0.05, 0.1) is 6.61 Å². The highest BCUT2D eigenvalue weighted by atomic mass is 127. The van der Waals surface area contributed by atoms with Gasteiger partial charge in [0.1, 0.15) is 0 Å². The fraction of sp³-hybridized carbons (Fsp3) is 0.333. The lowest BCUT2D eigenvalue weighted by molar-refractivity contribution is 0.283. The maximum Gasteiger partial charge on any atom is 0.0786 e.